The highest BCUT2D eigenvalue weighted by molar-refractivity contribution is 5.85. The van der Waals surface area contributed by atoms with Crippen molar-refractivity contribution in [2.75, 3.05) is 42.9 Å². The van der Waals surface area contributed by atoms with Crippen LogP contribution >= 0.6 is 12.4 Å². The molecule has 1 saturated heterocycles. The molecule has 0 unspecified atom stereocenters. The van der Waals surface area contributed by atoms with Gasteiger partial charge in [-0.15, -0.1) is 12.4 Å². The highest BCUT2D eigenvalue weighted by atomic mass is 35.5. The lowest BCUT2D eigenvalue weighted by Gasteiger charge is -2.35. The van der Waals surface area contributed by atoms with Crippen LogP contribution in [0.5, 0.6) is 0 Å². The van der Waals surface area contributed by atoms with E-state index in [0.29, 0.717) is 31.9 Å². The summed E-state index contributed by atoms with van der Waals surface area (Å²) < 4.78 is 0. The molecule has 3 rings (SSSR count). The predicted octanol–water partition coefficient (Wildman–Crippen LogP) is 2.78. The molecule has 138 valence electrons. The summed E-state index contributed by atoms with van der Waals surface area (Å²) in [6, 6.07) is 16.3. The van der Waals surface area contributed by atoms with Crippen LogP contribution in [0.4, 0.5) is 17.1 Å². The van der Waals surface area contributed by atoms with E-state index in [1.54, 1.807) is 23.1 Å². The van der Waals surface area contributed by atoms with Gasteiger partial charge in [-0.3, -0.25) is 14.9 Å². The maximum absolute atomic E-state index is 12.3. The van der Waals surface area contributed by atoms with Crippen molar-refractivity contribution in [3.05, 3.63) is 64.7 Å². The predicted molar refractivity (Wildman–Crippen MR) is 104 cm³/mol. The first-order valence-corrected chi connectivity index (χ1v) is 8.20. The molecule has 0 bridgehead atoms. The van der Waals surface area contributed by atoms with Crippen LogP contribution in [0.25, 0.3) is 0 Å². The van der Waals surface area contributed by atoms with E-state index in [1.807, 2.05) is 35.2 Å². The molecule has 0 aromatic heterocycles. The van der Waals surface area contributed by atoms with Crippen LogP contribution in [-0.4, -0.2) is 48.5 Å². The number of amides is 1. The van der Waals surface area contributed by atoms with Gasteiger partial charge in [-0.25, -0.2) is 0 Å². The SMILES string of the molecule is Cl.O=C(CNc1ccccc1)N1CCN(c2ccccc2[N+](=O)[O-])CC1. The number of nitro benzene ring substituents is 1. The molecule has 0 aliphatic carbocycles. The lowest BCUT2D eigenvalue weighted by molar-refractivity contribution is -0.384. The Balaban J connectivity index is 0.00000243. The Morgan fingerprint density at radius 2 is 1.62 bits per heavy atom. The lowest BCUT2D eigenvalue weighted by atomic mass is 10.2. The summed E-state index contributed by atoms with van der Waals surface area (Å²) in [7, 11) is 0. The van der Waals surface area contributed by atoms with Gasteiger partial charge >= 0.3 is 0 Å². The Morgan fingerprint density at radius 1 is 1.00 bits per heavy atom. The van der Waals surface area contributed by atoms with Gasteiger partial charge in [-0.1, -0.05) is 30.3 Å². The zero-order valence-corrected chi connectivity index (χ0v) is 15.0. The van der Waals surface area contributed by atoms with E-state index in [-0.39, 0.29) is 35.5 Å². The number of nitrogens with zero attached hydrogens (tertiary/aromatic N) is 3. The summed E-state index contributed by atoms with van der Waals surface area (Å²) in [6.07, 6.45) is 0. The molecule has 0 saturated carbocycles. The van der Waals surface area contributed by atoms with Gasteiger partial charge in [-0.2, -0.15) is 0 Å². The molecule has 26 heavy (non-hydrogen) atoms. The van der Waals surface area contributed by atoms with Gasteiger partial charge in [0.15, 0.2) is 0 Å². The van der Waals surface area contributed by atoms with Gasteiger partial charge < -0.3 is 15.1 Å². The first-order chi connectivity index (χ1) is 12.1. The standard InChI is InChI=1S/C18H20N4O3.ClH/c23-18(14-19-15-6-2-1-3-7-15)21-12-10-20(11-13-21)16-8-4-5-9-17(16)22(24)25;/h1-9,19H,10-14H2;1H. The van der Waals surface area contributed by atoms with Crippen LogP contribution in [0.3, 0.4) is 0 Å². The monoisotopic (exact) mass is 376 g/mol. The van der Waals surface area contributed by atoms with Crippen molar-refractivity contribution in [2.24, 2.45) is 0 Å². The Labute approximate surface area is 158 Å². The number of carbonyl (C=O) groups excluding carboxylic acids is 1. The van der Waals surface area contributed by atoms with Gasteiger partial charge in [0, 0.05) is 37.9 Å². The van der Waals surface area contributed by atoms with E-state index in [0.717, 1.165) is 5.69 Å². The summed E-state index contributed by atoms with van der Waals surface area (Å²) in [5.41, 5.74) is 1.63. The second kappa shape index (κ2) is 9.05. The van der Waals surface area contributed by atoms with Crippen LogP contribution in [-0.2, 0) is 4.79 Å². The smallest absolute Gasteiger partial charge is 0.292 e. The number of benzene rings is 2. The number of nitrogens with one attached hydrogen (secondary N) is 1. The number of anilines is 2. The Kier molecular flexibility index (Phi) is 6.80. The molecule has 1 aliphatic heterocycles. The summed E-state index contributed by atoms with van der Waals surface area (Å²) in [5.74, 6) is 0.0334. The molecule has 2 aromatic rings. The number of hydrogen-bond donors (Lipinski definition) is 1. The molecular weight excluding hydrogens is 356 g/mol. The first-order valence-electron chi connectivity index (χ1n) is 8.20. The third-order valence-electron chi connectivity index (χ3n) is 4.27. The zero-order valence-electron chi connectivity index (χ0n) is 14.2. The van der Waals surface area contributed by atoms with Gasteiger partial charge in [-0.05, 0) is 18.2 Å². The first kappa shape index (κ1) is 19.5. The molecule has 1 aliphatic rings. The van der Waals surface area contributed by atoms with Gasteiger partial charge in [0.2, 0.25) is 5.91 Å². The highest BCUT2D eigenvalue weighted by Gasteiger charge is 2.25. The number of nitro groups is 1. The molecule has 7 nitrogen and oxygen atoms in total. The minimum absolute atomic E-state index is 0. The second-order valence-electron chi connectivity index (χ2n) is 5.83. The fourth-order valence-corrected chi connectivity index (χ4v) is 2.93. The third kappa shape index (κ3) is 4.64. The van der Waals surface area contributed by atoms with Crippen LogP contribution in [0.2, 0.25) is 0 Å². The number of halogens is 1. The minimum atomic E-state index is -0.364. The van der Waals surface area contributed by atoms with Crippen molar-refractivity contribution < 1.29 is 9.72 Å². The van der Waals surface area contributed by atoms with E-state index >= 15 is 0 Å². The average molecular weight is 377 g/mol. The van der Waals surface area contributed by atoms with Crippen molar-refractivity contribution in [3.63, 3.8) is 0 Å². The zero-order chi connectivity index (χ0) is 17.6. The van der Waals surface area contributed by atoms with E-state index in [2.05, 4.69) is 5.32 Å². The summed E-state index contributed by atoms with van der Waals surface area (Å²) in [6.45, 7) is 2.53. The maximum Gasteiger partial charge on any atom is 0.292 e. The number of hydrogen-bond acceptors (Lipinski definition) is 5. The van der Waals surface area contributed by atoms with E-state index < -0.39 is 0 Å². The molecule has 0 spiro atoms. The summed E-state index contributed by atoms with van der Waals surface area (Å²) >= 11 is 0. The van der Waals surface area contributed by atoms with Crippen LogP contribution in [0.15, 0.2) is 54.6 Å². The number of piperazine rings is 1. The number of rotatable bonds is 5. The van der Waals surface area contributed by atoms with Crippen LogP contribution in [0.1, 0.15) is 0 Å². The lowest BCUT2D eigenvalue weighted by Crippen LogP contribution is -2.50. The maximum atomic E-state index is 12.3. The molecule has 1 heterocycles. The molecule has 8 heteroatoms. The summed E-state index contributed by atoms with van der Waals surface area (Å²) in [5, 5.41) is 14.3. The topological polar surface area (TPSA) is 78.7 Å². The van der Waals surface area contributed by atoms with E-state index in [1.165, 1.54) is 6.07 Å². The largest absolute Gasteiger partial charge is 0.376 e. The molecule has 1 fully saturated rings. The molecule has 1 amide bonds. The van der Waals surface area contributed by atoms with Gasteiger partial charge in [0.05, 0.1) is 11.5 Å². The second-order valence-corrected chi connectivity index (χ2v) is 5.83. The normalized spacial score (nSPS) is 13.7. The van der Waals surface area contributed by atoms with Crippen molar-refractivity contribution in [1.82, 2.24) is 4.90 Å². The van der Waals surface area contributed by atoms with Crippen molar-refractivity contribution in [1.29, 1.82) is 0 Å². The highest BCUT2D eigenvalue weighted by Crippen LogP contribution is 2.28. The minimum Gasteiger partial charge on any atom is -0.376 e. The Hall–Kier alpha value is -2.80. The van der Waals surface area contributed by atoms with E-state index in [4.69, 9.17) is 0 Å². The molecule has 0 atom stereocenters. The average Bonchev–Trinajstić information content (AvgIpc) is 2.67. The molecular formula is C18H21ClN4O3. The Bertz CT molecular complexity index is 749. The van der Waals surface area contributed by atoms with Crippen LogP contribution < -0.4 is 10.2 Å². The molecule has 0 radical (unpaired) electrons. The quantitative estimate of drug-likeness (QED) is 0.641. The van der Waals surface area contributed by atoms with Gasteiger partial charge in [0.1, 0.15) is 5.69 Å². The Morgan fingerprint density at radius 3 is 2.27 bits per heavy atom. The number of para-hydroxylation sites is 3. The van der Waals surface area contributed by atoms with Crippen molar-refractivity contribution >= 4 is 35.4 Å². The van der Waals surface area contributed by atoms with Crippen LogP contribution in [0, 0.1) is 10.1 Å². The fraction of sp³-hybridized carbons (Fsp3) is 0.278. The van der Waals surface area contributed by atoms with Crippen molar-refractivity contribution in [2.45, 2.75) is 0 Å². The molecule has 1 N–H and O–H groups in total. The summed E-state index contributed by atoms with van der Waals surface area (Å²) in [4.78, 5) is 26.9. The number of carbonyl (C=O) groups is 1. The third-order valence-corrected chi connectivity index (χ3v) is 4.27. The fourth-order valence-electron chi connectivity index (χ4n) is 2.93. The van der Waals surface area contributed by atoms with Gasteiger partial charge in [0.25, 0.3) is 5.69 Å². The van der Waals surface area contributed by atoms with Crippen molar-refractivity contribution in [3.8, 4) is 0 Å². The van der Waals surface area contributed by atoms with E-state index in [9.17, 15) is 14.9 Å². The molecule has 2 aromatic carbocycles.